The van der Waals surface area contributed by atoms with Gasteiger partial charge in [-0.1, -0.05) is 0 Å². The van der Waals surface area contributed by atoms with Gasteiger partial charge in [-0.3, -0.25) is 0 Å². The average molecular weight is 274 g/mol. The fraction of sp³-hybridized carbons (Fsp3) is 0.636. The van der Waals surface area contributed by atoms with Crippen LogP contribution in [0.4, 0.5) is 0 Å². The maximum absolute atomic E-state index is 5.36. The van der Waals surface area contributed by atoms with Crippen LogP contribution >= 0.6 is 15.9 Å². The lowest BCUT2D eigenvalue weighted by molar-refractivity contribution is 0.0439. The largest absolute Gasteiger partial charge is 0.467 e. The summed E-state index contributed by atoms with van der Waals surface area (Å²) in [6.07, 6.45) is 3.82. The molecule has 84 valence electrons. The van der Waals surface area contributed by atoms with Crippen LogP contribution in [0.3, 0.4) is 0 Å². The summed E-state index contributed by atoms with van der Waals surface area (Å²) in [5.74, 6) is 0.961. The van der Waals surface area contributed by atoms with Gasteiger partial charge in [0.1, 0.15) is 5.76 Å². The van der Waals surface area contributed by atoms with E-state index < -0.39 is 0 Å². The molecule has 0 unspecified atom stereocenters. The van der Waals surface area contributed by atoms with Gasteiger partial charge in [-0.2, -0.15) is 0 Å². The van der Waals surface area contributed by atoms with Crippen LogP contribution in [-0.2, 0) is 11.3 Å². The Morgan fingerprint density at radius 1 is 1.47 bits per heavy atom. The van der Waals surface area contributed by atoms with Crippen LogP contribution in [0.1, 0.15) is 25.5 Å². The Morgan fingerprint density at radius 2 is 2.20 bits per heavy atom. The Kier molecular flexibility index (Phi) is 3.49. The van der Waals surface area contributed by atoms with Crippen molar-refractivity contribution < 1.29 is 9.15 Å². The number of rotatable bonds is 3. The molecule has 1 saturated heterocycles. The number of ether oxygens (including phenoxy) is 1. The normalized spacial score (nSPS) is 20.4. The quantitative estimate of drug-likeness (QED) is 0.920. The highest BCUT2D eigenvalue weighted by Gasteiger charge is 2.26. The molecule has 3 nitrogen and oxygen atoms in total. The van der Waals surface area contributed by atoms with E-state index in [2.05, 4.69) is 28.2 Å². The molecule has 1 aromatic heterocycles. The molecule has 1 aliphatic rings. The van der Waals surface area contributed by atoms with Gasteiger partial charge in [0.25, 0.3) is 0 Å². The average Bonchev–Trinajstić information content (AvgIpc) is 2.62. The Morgan fingerprint density at radius 3 is 2.80 bits per heavy atom. The highest BCUT2D eigenvalue weighted by Crippen LogP contribution is 2.22. The fourth-order valence-corrected chi connectivity index (χ4v) is 2.09. The predicted molar refractivity (Wildman–Crippen MR) is 61.7 cm³/mol. The van der Waals surface area contributed by atoms with Gasteiger partial charge in [0.15, 0.2) is 0 Å². The number of nitrogens with one attached hydrogen (secondary N) is 1. The molecule has 0 amide bonds. The highest BCUT2D eigenvalue weighted by molar-refractivity contribution is 9.10. The zero-order valence-electron chi connectivity index (χ0n) is 8.88. The van der Waals surface area contributed by atoms with E-state index in [0.29, 0.717) is 0 Å². The van der Waals surface area contributed by atoms with E-state index in [1.165, 1.54) is 0 Å². The molecule has 2 heterocycles. The summed E-state index contributed by atoms with van der Waals surface area (Å²) < 4.78 is 11.7. The molecule has 0 saturated carbocycles. The zero-order valence-corrected chi connectivity index (χ0v) is 10.5. The van der Waals surface area contributed by atoms with Gasteiger partial charge in [0.05, 0.1) is 17.3 Å². The summed E-state index contributed by atoms with van der Waals surface area (Å²) in [5, 5.41) is 3.54. The Hall–Kier alpha value is -0.320. The van der Waals surface area contributed by atoms with Gasteiger partial charge in [0.2, 0.25) is 0 Å². The lowest BCUT2D eigenvalue weighted by atomic mass is 9.92. The van der Waals surface area contributed by atoms with E-state index in [4.69, 9.17) is 9.15 Å². The minimum atomic E-state index is 0.185. The second-order valence-corrected chi connectivity index (χ2v) is 5.07. The minimum absolute atomic E-state index is 0.185. The zero-order chi connectivity index (χ0) is 10.7. The SMILES string of the molecule is CC1(NCc2occc2Br)CCOCC1. The van der Waals surface area contributed by atoms with Crippen molar-refractivity contribution in [3.63, 3.8) is 0 Å². The molecule has 0 aromatic carbocycles. The standard InChI is InChI=1S/C11H16BrNO2/c1-11(3-6-14-7-4-11)13-8-10-9(12)2-5-15-10/h2,5,13H,3-4,6-8H2,1H3. The first-order valence-electron chi connectivity index (χ1n) is 5.24. The van der Waals surface area contributed by atoms with E-state index in [1.54, 1.807) is 6.26 Å². The lowest BCUT2D eigenvalue weighted by Crippen LogP contribution is -2.46. The molecular weight excluding hydrogens is 258 g/mol. The molecule has 2 rings (SSSR count). The van der Waals surface area contributed by atoms with Crippen molar-refractivity contribution in [1.82, 2.24) is 5.32 Å². The first-order valence-corrected chi connectivity index (χ1v) is 6.04. The van der Waals surface area contributed by atoms with Crippen LogP contribution in [0.5, 0.6) is 0 Å². The van der Waals surface area contributed by atoms with E-state index in [1.807, 2.05) is 6.07 Å². The summed E-state index contributed by atoms with van der Waals surface area (Å²) in [7, 11) is 0. The van der Waals surface area contributed by atoms with Crippen molar-refractivity contribution in [2.45, 2.75) is 31.8 Å². The van der Waals surface area contributed by atoms with Gasteiger partial charge < -0.3 is 14.5 Å². The molecule has 0 atom stereocenters. The maximum Gasteiger partial charge on any atom is 0.131 e. The molecule has 1 fully saturated rings. The van der Waals surface area contributed by atoms with Gasteiger partial charge >= 0.3 is 0 Å². The number of hydrogen-bond donors (Lipinski definition) is 1. The van der Waals surface area contributed by atoms with Crippen molar-refractivity contribution in [1.29, 1.82) is 0 Å². The second kappa shape index (κ2) is 4.68. The van der Waals surface area contributed by atoms with Crippen LogP contribution in [0.25, 0.3) is 0 Å². The number of furan rings is 1. The van der Waals surface area contributed by atoms with Gasteiger partial charge in [-0.05, 0) is 41.8 Å². The van der Waals surface area contributed by atoms with Crippen molar-refractivity contribution in [3.05, 3.63) is 22.6 Å². The summed E-state index contributed by atoms with van der Waals surface area (Å²) >= 11 is 3.45. The summed E-state index contributed by atoms with van der Waals surface area (Å²) in [4.78, 5) is 0. The summed E-state index contributed by atoms with van der Waals surface area (Å²) in [6, 6.07) is 1.92. The summed E-state index contributed by atoms with van der Waals surface area (Å²) in [6.45, 7) is 4.71. The molecule has 1 aromatic rings. The Bertz CT molecular complexity index is 318. The molecule has 15 heavy (non-hydrogen) atoms. The molecule has 0 radical (unpaired) electrons. The van der Waals surface area contributed by atoms with Crippen molar-refractivity contribution in [2.24, 2.45) is 0 Å². The first kappa shape index (κ1) is 11.2. The molecule has 0 spiro atoms. The van der Waals surface area contributed by atoms with Crippen molar-refractivity contribution >= 4 is 15.9 Å². The first-order chi connectivity index (χ1) is 7.20. The van der Waals surface area contributed by atoms with E-state index in [-0.39, 0.29) is 5.54 Å². The van der Waals surface area contributed by atoms with E-state index in [9.17, 15) is 0 Å². The Balaban J connectivity index is 1.89. The highest BCUT2D eigenvalue weighted by atomic mass is 79.9. The predicted octanol–water partition coefficient (Wildman–Crippen LogP) is 2.70. The van der Waals surface area contributed by atoms with Crippen LogP contribution in [-0.4, -0.2) is 18.8 Å². The third kappa shape index (κ3) is 2.83. The smallest absolute Gasteiger partial charge is 0.131 e. The molecule has 0 aliphatic carbocycles. The second-order valence-electron chi connectivity index (χ2n) is 4.22. The fourth-order valence-electron chi connectivity index (χ4n) is 1.74. The van der Waals surface area contributed by atoms with E-state index >= 15 is 0 Å². The minimum Gasteiger partial charge on any atom is -0.467 e. The van der Waals surface area contributed by atoms with Crippen LogP contribution < -0.4 is 5.32 Å². The van der Waals surface area contributed by atoms with Crippen LogP contribution in [0.2, 0.25) is 0 Å². The van der Waals surface area contributed by atoms with Crippen LogP contribution in [0, 0.1) is 0 Å². The number of hydrogen-bond acceptors (Lipinski definition) is 3. The van der Waals surface area contributed by atoms with Gasteiger partial charge in [0, 0.05) is 18.8 Å². The molecule has 1 N–H and O–H groups in total. The third-order valence-electron chi connectivity index (χ3n) is 2.96. The van der Waals surface area contributed by atoms with Crippen molar-refractivity contribution in [2.75, 3.05) is 13.2 Å². The van der Waals surface area contributed by atoms with Crippen LogP contribution in [0.15, 0.2) is 21.2 Å². The molecule has 4 heteroatoms. The van der Waals surface area contributed by atoms with Gasteiger partial charge in [-0.25, -0.2) is 0 Å². The van der Waals surface area contributed by atoms with Crippen molar-refractivity contribution in [3.8, 4) is 0 Å². The molecule has 1 aliphatic heterocycles. The summed E-state index contributed by atoms with van der Waals surface area (Å²) in [5.41, 5.74) is 0.185. The molecular formula is C11H16BrNO2. The monoisotopic (exact) mass is 273 g/mol. The van der Waals surface area contributed by atoms with E-state index in [0.717, 1.165) is 42.8 Å². The molecule has 0 bridgehead atoms. The topological polar surface area (TPSA) is 34.4 Å². The third-order valence-corrected chi connectivity index (χ3v) is 3.67. The van der Waals surface area contributed by atoms with Gasteiger partial charge in [-0.15, -0.1) is 0 Å². The lowest BCUT2D eigenvalue weighted by Gasteiger charge is -2.34. The Labute approximate surface area is 98.3 Å². The maximum atomic E-state index is 5.36. The number of halogens is 1.